The van der Waals surface area contributed by atoms with Crippen LogP contribution >= 0.6 is 0 Å². The number of para-hydroxylation sites is 2. The first kappa shape index (κ1) is 19.6. The number of aromatic amines is 1. The molecule has 8 heteroatoms. The summed E-state index contributed by atoms with van der Waals surface area (Å²) in [5, 5.41) is 19.5. The molecule has 2 aromatic carbocycles. The number of esters is 1. The minimum Gasteiger partial charge on any atom is -0.507 e. The Labute approximate surface area is 166 Å². The van der Waals surface area contributed by atoms with E-state index in [1.54, 1.807) is 36.4 Å². The van der Waals surface area contributed by atoms with Crippen LogP contribution in [0.4, 0.5) is 0 Å². The molecule has 0 fully saturated rings. The molecule has 0 aliphatic carbocycles. The van der Waals surface area contributed by atoms with Crippen molar-refractivity contribution in [2.24, 2.45) is 0 Å². The van der Waals surface area contributed by atoms with Crippen molar-refractivity contribution in [1.82, 2.24) is 9.97 Å². The van der Waals surface area contributed by atoms with Gasteiger partial charge < -0.3 is 19.6 Å². The van der Waals surface area contributed by atoms with Gasteiger partial charge in [0.05, 0.1) is 11.0 Å². The van der Waals surface area contributed by atoms with E-state index in [1.807, 2.05) is 12.1 Å². The minimum atomic E-state index is -0.744. The molecule has 0 amide bonds. The Kier molecular flexibility index (Phi) is 5.90. The molecular weight excluding hydrogens is 374 g/mol. The zero-order valence-electron chi connectivity index (χ0n) is 15.5. The lowest BCUT2D eigenvalue weighted by Gasteiger charge is -2.08. The molecule has 1 aromatic heterocycles. The molecule has 3 aromatic rings. The minimum absolute atomic E-state index is 0.121. The highest BCUT2D eigenvalue weighted by Gasteiger charge is 2.15. The van der Waals surface area contributed by atoms with Crippen molar-refractivity contribution in [3.8, 4) is 11.8 Å². The number of hydrogen-bond acceptors (Lipinski definition) is 7. The Morgan fingerprint density at radius 3 is 2.69 bits per heavy atom. The number of ether oxygens (including phenoxy) is 2. The molecule has 146 valence electrons. The van der Waals surface area contributed by atoms with E-state index in [0.717, 1.165) is 0 Å². The molecule has 0 bridgehead atoms. The van der Waals surface area contributed by atoms with Gasteiger partial charge in [-0.1, -0.05) is 24.3 Å². The number of nitrogens with zero attached hydrogens (tertiary/aromatic N) is 2. The Hall–Kier alpha value is -4.12. The van der Waals surface area contributed by atoms with Gasteiger partial charge in [-0.05, 0) is 31.2 Å². The Balaban J connectivity index is 1.61. The standard InChI is InChI=1S/C21H17N3O5/c1-13(25)14-5-4-6-15(9-14)28-12-20(27)29-11-19(26)16(10-22)21-23-17-7-2-3-8-18(17)24-21/h2-9,26H,11-12H2,1H3,(H,23,24)/b19-16-. The van der Waals surface area contributed by atoms with Crippen LogP contribution in [-0.4, -0.2) is 40.0 Å². The number of carbonyl (C=O) groups excluding carboxylic acids is 2. The number of ketones is 1. The maximum absolute atomic E-state index is 11.9. The summed E-state index contributed by atoms with van der Waals surface area (Å²) in [5.74, 6) is -0.776. The van der Waals surface area contributed by atoms with Crippen LogP contribution in [0.2, 0.25) is 0 Å². The number of imidazole rings is 1. The smallest absolute Gasteiger partial charge is 0.344 e. The molecule has 29 heavy (non-hydrogen) atoms. The topological polar surface area (TPSA) is 125 Å². The van der Waals surface area contributed by atoms with E-state index in [9.17, 15) is 20.0 Å². The fourth-order valence-corrected chi connectivity index (χ4v) is 2.54. The summed E-state index contributed by atoms with van der Waals surface area (Å²) in [7, 11) is 0. The number of Topliss-reactive ketones (excluding diaryl/α,β-unsaturated/α-hetero) is 1. The number of rotatable bonds is 7. The quantitative estimate of drug-likeness (QED) is 0.274. The molecule has 0 atom stereocenters. The second-order valence-electron chi connectivity index (χ2n) is 6.07. The van der Waals surface area contributed by atoms with E-state index in [2.05, 4.69) is 9.97 Å². The number of nitrogens with one attached hydrogen (secondary N) is 1. The normalized spacial score (nSPS) is 11.4. The van der Waals surface area contributed by atoms with Crippen molar-refractivity contribution < 1.29 is 24.2 Å². The third-order valence-electron chi connectivity index (χ3n) is 3.99. The fourth-order valence-electron chi connectivity index (χ4n) is 2.54. The fraction of sp³-hybridized carbons (Fsp3) is 0.143. The van der Waals surface area contributed by atoms with E-state index in [1.165, 1.54) is 13.0 Å². The highest BCUT2D eigenvalue weighted by molar-refractivity contribution is 5.94. The number of H-pyrrole nitrogens is 1. The Morgan fingerprint density at radius 1 is 1.17 bits per heavy atom. The number of hydrogen-bond donors (Lipinski definition) is 2. The summed E-state index contributed by atoms with van der Waals surface area (Å²) < 4.78 is 10.2. The average Bonchev–Trinajstić information content (AvgIpc) is 3.15. The Bertz CT molecular complexity index is 1110. The van der Waals surface area contributed by atoms with Gasteiger partial charge in [0.1, 0.15) is 24.0 Å². The maximum Gasteiger partial charge on any atom is 0.344 e. The second-order valence-corrected chi connectivity index (χ2v) is 6.07. The van der Waals surface area contributed by atoms with Gasteiger partial charge in [-0.15, -0.1) is 0 Å². The van der Waals surface area contributed by atoms with Gasteiger partial charge in [0.15, 0.2) is 24.0 Å². The lowest BCUT2D eigenvalue weighted by molar-refractivity contribution is -0.145. The number of carbonyl (C=O) groups is 2. The van der Waals surface area contributed by atoms with Crippen molar-refractivity contribution in [3.63, 3.8) is 0 Å². The van der Waals surface area contributed by atoms with E-state index >= 15 is 0 Å². The zero-order chi connectivity index (χ0) is 20.8. The van der Waals surface area contributed by atoms with Crippen molar-refractivity contribution in [2.45, 2.75) is 6.92 Å². The van der Waals surface area contributed by atoms with E-state index < -0.39 is 24.9 Å². The molecule has 0 saturated heterocycles. The highest BCUT2D eigenvalue weighted by atomic mass is 16.6. The summed E-state index contributed by atoms with van der Waals surface area (Å²) in [5.41, 5.74) is 1.69. The van der Waals surface area contributed by atoms with E-state index in [-0.39, 0.29) is 17.2 Å². The SMILES string of the molecule is CC(=O)c1cccc(OCC(=O)OC/C(O)=C(\C#N)c2nc3ccccc3[nH]2)c1. The maximum atomic E-state index is 11.9. The van der Waals surface area contributed by atoms with Crippen LogP contribution < -0.4 is 4.74 Å². The van der Waals surface area contributed by atoms with Gasteiger partial charge in [0.2, 0.25) is 0 Å². The van der Waals surface area contributed by atoms with Crippen molar-refractivity contribution in [3.05, 3.63) is 65.7 Å². The van der Waals surface area contributed by atoms with Crippen LogP contribution in [0.1, 0.15) is 23.1 Å². The van der Waals surface area contributed by atoms with Crippen LogP contribution in [0, 0.1) is 11.3 Å². The van der Waals surface area contributed by atoms with Crippen LogP contribution in [0.5, 0.6) is 5.75 Å². The van der Waals surface area contributed by atoms with Crippen molar-refractivity contribution in [1.29, 1.82) is 5.26 Å². The second kappa shape index (κ2) is 8.71. The Morgan fingerprint density at radius 2 is 1.97 bits per heavy atom. The number of fused-ring (bicyclic) bond motifs is 1. The molecule has 0 spiro atoms. The lowest BCUT2D eigenvalue weighted by atomic mass is 10.1. The van der Waals surface area contributed by atoms with Crippen LogP contribution in [0.3, 0.4) is 0 Å². The summed E-state index contributed by atoms with van der Waals surface area (Å²) >= 11 is 0. The molecule has 0 unspecified atom stereocenters. The zero-order valence-corrected chi connectivity index (χ0v) is 15.5. The first-order valence-corrected chi connectivity index (χ1v) is 8.64. The van der Waals surface area contributed by atoms with Gasteiger partial charge in [0, 0.05) is 5.56 Å². The van der Waals surface area contributed by atoms with Crippen LogP contribution in [0.25, 0.3) is 16.6 Å². The van der Waals surface area contributed by atoms with Gasteiger partial charge in [-0.2, -0.15) is 5.26 Å². The van der Waals surface area contributed by atoms with E-state index in [4.69, 9.17) is 9.47 Å². The summed E-state index contributed by atoms with van der Waals surface area (Å²) in [4.78, 5) is 30.4. The number of nitriles is 1. The molecule has 0 aliphatic rings. The summed E-state index contributed by atoms with van der Waals surface area (Å²) in [6.07, 6.45) is 0. The monoisotopic (exact) mass is 391 g/mol. The van der Waals surface area contributed by atoms with Crippen molar-refractivity contribution >= 4 is 28.4 Å². The van der Waals surface area contributed by atoms with Crippen LogP contribution in [0.15, 0.2) is 54.3 Å². The average molecular weight is 391 g/mol. The van der Waals surface area contributed by atoms with Gasteiger partial charge >= 0.3 is 5.97 Å². The highest BCUT2D eigenvalue weighted by Crippen LogP contribution is 2.19. The molecular formula is C21H17N3O5. The lowest BCUT2D eigenvalue weighted by Crippen LogP contribution is -2.17. The summed E-state index contributed by atoms with van der Waals surface area (Å²) in [6, 6.07) is 15.4. The molecule has 0 radical (unpaired) electrons. The number of allylic oxidation sites excluding steroid dienone is 1. The van der Waals surface area contributed by atoms with Gasteiger partial charge in [0.25, 0.3) is 0 Å². The molecule has 3 rings (SSSR count). The van der Waals surface area contributed by atoms with Crippen LogP contribution in [-0.2, 0) is 9.53 Å². The number of aliphatic hydroxyl groups is 1. The molecule has 1 heterocycles. The molecule has 2 N–H and O–H groups in total. The molecule has 8 nitrogen and oxygen atoms in total. The molecule has 0 aliphatic heterocycles. The largest absolute Gasteiger partial charge is 0.507 e. The van der Waals surface area contributed by atoms with Crippen molar-refractivity contribution in [2.75, 3.05) is 13.2 Å². The number of aromatic nitrogens is 2. The predicted molar refractivity (Wildman–Crippen MR) is 104 cm³/mol. The van der Waals surface area contributed by atoms with Gasteiger partial charge in [-0.25, -0.2) is 9.78 Å². The summed E-state index contributed by atoms with van der Waals surface area (Å²) in [6.45, 7) is 0.508. The van der Waals surface area contributed by atoms with E-state index in [0.29, 0.717) is 22.3 Å². The van der Waals surface area contributed by atoms with Gasteiger partial charge in [-0.3, -0.25) is 4.79 Å². The predicted octanol–water partition coefficient (Wildman–Crippen LogP) is 3.18. The first-order chi connectivity index (χ1) is 14.0. The molecule has 0 saturated carbocycles. The third kappa shape index (κ3) is 4.78. The third-order valence-corrected chi connectivity index (χ3v) is 3.99. The number of aliphatic hydroxyl groups excluding tert-OH is 1. The number of benzene rings is 2. The first-order valence-electron chi connectivity index (χ1n) is 8.64.